The van der Waals surface area contributed by atoms with Gasteiger partial charge in [0.25, 0.3) is 5.91 Å². The van der Waals surface area contributed by atoms with E-state index in [2.05, 4.69) is 26.1 Å². The molecule has 4 rings (SSSR count). The van der Waals surface area contributed by atoms with Crippen LogP contribution in [0.5, 0.6) is 0 Å². The van der Waals surface area contributed by atoms with Crippen molar-refractivity contribution >= 4 is 43.3 Å². The number of amides is 1. The van der Waals surface area contributed by atoms with Gasteiger partial charge >= 0.3 is 0 Å². The van der Waals surface area contributed by atoms with Gasteiger partial charge in [0.15, 0.2) is 5.76 Å². The van der Waals surface area contributed by atoms with Gasteiger partial charge in [-0.1, -0.05) is 58.6 Å². The van der Waals surface area contributed by atoms with Gasteiger partial charge in [0.1, 0.15) is 0 Å². The minimum Gasteiger partial charge on any atom is -0.439 e. The molecule has 0 saturated carbocycles. The Balaban J connectivity index is 1.50. The molecule has 34 heavy (non-hydrogen) atoms. The molecular weight excluding hydrogens is 540 g/mol. The van der Waals surface area contributed by atoms with Gasteiger partial charge in [-0.15, -0.1) is 0 Å². The van der Waals surface area contributed by atoms with Gasteiger partial charge in [0, 0.05) is 16.0 Å². The molecule has 1 N–H and O–H groups in total. The Morgan fingerprint density at radius 3 is 2.35 bits per heavy atom. The van der Waals surface area contributed by atoms with E-state index in [-0.39, 0.29) is 21.8 Å². The number of carbonyl (C=O) groups excluding carboxylic acids is 1. The van der Waals surface area contributed by atoms with E-state index in [1.807, 2.05) is 24.3 Å². The molecule has 9 heteroatoms. The van der Waals surface area contributed by atoms with Crippen molar-refractivity contribution in [1.82, 2.24) is 10.2 Å². The lowest BCUT2D eigenvalue weighted by Gasteiger charge is -2.31. The summed E-state index contributed by atoms with van der Waals surface area (Å²) in [5, 5.41) is 3.31. The lowest BCUT2D eigenvalue weighted by Crippen LogP contribution is -2.38. The van der Waals surface area contributed by atoms with Gasteiger partial charge in [-0.2, -0.15) is 0 Å². The summed E-state index contributed by atoms with van der Waals surface area (Å²) in [6.45, 7) is 2.20. The summed E-state index contributed by atoms with van der Waals surface area (Å²) in [5.41, 5.74) is 0.962. The second kappa shape index (κ2) is 11.1. The zero-order valence-corrected chi connectivity index (χ0v) is 21.7. The van der Waals surface area contributed by atoms with Crippen LogP contribution in [0.15, 0.2) is 79.5 Å². The molecule has 2 aromatic carbocycles. The van der Waals surface area contributed by atoms with Gasteiger partial charge < -0.3 is 9.73 Å². The van der Waals surface area contributed by atoms with Crippen molar-refractivity contribution in [1.29, 1.82) is 0 Å². The van der Waals surface area contributed by atoms with Crippen LogP contribution in [-0.4, -0.2) is 38.9 Å². The molecule has 1 saturated heterocycles. The number of halogens is 2. The summed E-state index contributed by atoms with van der Waals surface area (Å²) in [4.78, 5) is 15.3. The average molecular weight is 566 g/mol. The van der Waals surface area contributed by atoms with Crippen molar-refractivity contribution in [3.05, 3.63) is 81.5 Å². The maximum absolute atomic E-state index is 12.9. The molecule has 1 aromatic heterocycles. The molecule has 1 aliphatic rings. The number of carbonyl (C=O) groups is 1. The molecule has 1 aliphatic heterocycles. The molecule has 0 aliphatic carbocycles. The van der Waals surface area contributed by atoms with E-state index >= 15 is 0 Å². The van der Waals surface area contributed by atoms with E-state index in [9.17, 15) is 13.2 Å². The topological polar surface area (TPSA) is 79.6 Å². The molecule has 6 nitrogen and oxygen atoms in total. The largest absolute Gasteiger partial charge is 0.439 e. The van der Waals surface area contributed by atoms with E-state index in [0.717, 1.165) is 36.0 Å². The van der Waals surface area contributed by atoms with Crippen LogP contribution in [0.2, 0.25) is 5.02 Å². The highest BCUT2D eigenvalue weighted by molar-refractivity contribution is 9.10. The van der Waals surface area contributed by atoms with Crippen LogP contribution in [0.1, 0.15) is 47.8 Å². The maximum atomic E-state index is 12.9. The molecule has 1 fully saturated rings. The first kappa shape index (κ1) is 25.0. The normalized spacial score (nSPS) is 16.1. The Morgan fingerprint density at radius 1 is 1.00 bits per heavy atom. The molecule has 3 aromatic rings. The summed E-state index contributed by atoms with van der Waals surface area (Å²) in [5.74, 6) is -0.520. The zero-order chi connectivity index (χ0) is 24.1. The number of furan rings is 1. The van der Waals surface area contributed by atoms with Crippen LogP contribution < -0.4 is 5.32 Å². The predicted molar refractivity (Wildman–Crippen MR) is 135 cm³/mol. The van der Waals surface area contributed by atoms with E-state index in [4.69, 9.17) is 16.0 Å². The van der Waals surface area contributed by atoms with Gasteiger partial charge in [-0.3, -0.25) is 9.69 Å². The molecular formula is C25H26BrClN2O4S. The molecule has 1 amide bonds. The van der Waals surface area contributed by atoms with Crippen molar-refractivity contribution in [2.24, 2.45) is 0 Å². The van der Waals surface area contributed by atoms with Gasteiger partial charge in [0.2, 0.25) is 14.9 Å². The minimum absolute atomic E-state index is 0.0514. The highest BCUT2D eigenvalue weighted by Crippen LogP contribution is 2.29. The van der Waals surface area contributed by atoms with Crippen LogP contribution >= 0.6 is 27.5 Å². The summed E-state index contributed by atoms with van der Waals surface area (Å²) in [6, 6.07) is 16.5. The van der Waals surface area contributed by atoms with Gasteiger partial charge in [-0.25, -0.2) is 8.42 Å². The Morgan fingerprint density at radius 2 is 1.68 bits per heavy atom. The SMILES string of the molecule is O=C(NCC(c1ccccc1Cl)N1CCCCCC1)c1ccc(S(=O)(=O)c2ccc(Br)cc2)o1. The fourth-order valence-corrected chi connectivity index (χ4v) is 5.88. The third-order valence-corrected chi connectivity index (χ3v) is 8.51. The van der Waals surface area contributed by atoms with Crippen LogP contribution in [0.4, 0.5) is 0 Å². The number of hydrogen-bond donors (Lipinski definition) is 1. The molecule has 180 valence electrons. The Labute approximate surface area is 213 Å². The highest BCUT2D eigenvalue weighted by atomic mass is 79.9. The first-order valence-electron chi connectivity index (χ1n) is 11.2. The molecule has 1 unspecified atom stereocenters. The fourth-order valence-electron chi connectivity index (χ4n) is 4.18. The van der Waals surface area contributed by atoms with Crippen LogP contribution in [0, 0.1) is 0 Å². The van der Waals surface area contributed by atoms with E-state index < -0.39 is 15.7 Å². The van der Waals surface area contributed by atoms with E-state index in [0.29, 0.717) is 11.6 Å². The standard InChI is InChI=1S/C25H26BrClN2O4S/c26-18-9-11-19(12-10-18)34(31,32)24-14-13-23(33-24)25(30)28-17-22(20-7-3-4-8-21(20)27)29-15-5-1-2-6-16-29/h3-4,7-14,22H,1-2,5-6,15-17H2,(H,28,30). The van der Waals surface area contributed by atoms with Crippen molar-refractivity contribution < 1.29 is 17.6 Å². The van der Waals surface area contributed by atoms with Crippen molar-refractivity contribution in [2.45, 2.75) is 41.7 Å². The monoisotopic (exact) mass is 564 g/mol. The Bertz CT molecular complexity index is 1240. The summed E-state index contributed by atoms with van der Waals surface area (Å²) < 4.78 is 31.9. The Kier molecular flexibility index (Phi) is 8.14. The van der Waals surface area contributed by atoms with Gasteiger partial charge in [-0.05, 0) is 74.0 Å². The smallest absolute Gasteiger partial charge is 0.287 e. The second-order valence-electron chi connectivity index (χ2n) is 8.27. The molecule has 0 bridgehead atoms. The number of nitrogens with one attached hydrogen (secondary N) is 1. The van der Waals surface area contributed by atoms with E-state index in [1.54, 1.807) is 12.1 Å². The third-order valence-electron chi connectivity index (χ3n) is 6.00. The molecule has 0 spiro atoms. The highest BCUT2D eigenvalue weighted by Gasteiger charge is 2.26. The maximum Gasteiger partial charge on any atom is 0.287 e. The van der Waals surface area contributed by atoms with E-state index in [1.165, 1.54) is 37.1 Å². The lowest BCUT2D eigenvalue weighted by atomic mass is 10.0. The lowest BCUT2D eigenvalue weighted by molar-refractivity contribution is 0.0900. The number of hydrogen-bond acceptors (Lipinski definition) is 5. The third kappa shape index (κ3) is 5.74. The summed E-state index contributed by atoms with van der Waals surface area (Å²) in [6.07, 6.45) is 4.59. The number of rotatable bonds is 7. The summed E-state index contributed by atoms with van der Waals surface area (Å²) >= 11 is 9.80. The van der Waals surface area contributed by atoms with Gasteiger partial charge in [0.05, 0.1) is 10.9 Å². The number of nitrogens with zero attached hydrogens (tertiary/aromatic N) is 1. The van der Waals surface area contributed by atoms with Crippen molar-refractivity contribution in [2.75, 3.05) is 19.6 Å². The minimum atomic E-state index is -3.86. The quantitative estimate of drug-likeness (QED) is 0.387. The van der Waals surface area contributed by atoms with Crippen molar-refractivity contribution in [3.8, 4) is 0 Å². The van der Waals surface area contributed by atoms with Crippen molar-refractivity contribution in [3.63, 3.8) is 0 Å². The molecule has 1 atom stereocenters. The fraction of sp³-hybridized carbons (Fsp3) is 0.320. The number of likely N-dealkylation sites (tertiary alicyclic amines) is 1. The van der Waals surface area contributed by atoms with Crippen LogP contribution in [0.3, 0.4) is 0 Å². The first-order valence-corrected chi connectivity index (χ1v) is 13.9. The zero-order valence-electron chi connectivity index (χ0n) is 18.5. The Hall–Kier alpha value is -2.13. The molecule has 2 heterocycles. The summed E-state index contributed by atoms with van der Waals surface area (Å²) in [7, 11) is -3.86. The second-order valence-corrected chi connectivity index (χ2v) is 11.5. The predicted octanol–water partition coefficient (Wildman–Crippen LogP) is 5.88. The number of sulfone groups is 1. The number of benzene rings is 2. The molecule has 0 radical (unpaired) electrons. The van der Waals surface area contributed by atoms with Crippen LogP contribution in [-0.2, 0) is 9.84 Å². The van der Waals surface area contributed by atoms with Crippen LogP contribution in [0.25, 0.3) is 0 Å². The first-order chi connectivity index (χ1) is 16.4. The average Bonchev–Trinajstić information content (AvgIpc) is 3.19.